The Labute approximate surface area is 246 Å². The number of carbonyl (C=O) groups excluding carboxylic acids is 1. The first-order chi connectivity index (χ1) is 20.6. The van der Waals surface area contributed by atoms with Gasteiger partial charge in [-0.1, -0.05) is 18.2 Å². The van der Waals surface area contributed by atoms with Gasteiger partial charge in [0.1, 0.15) is 22.2 Å². The summed E-state index contributed by atoms with van der Waals surface area (Å²) in [5.41, 5.74) is 0.261. The van der Waals surface area contributed by atoms with Crippen molar-refractivity contribution in [3.63, 3.8) is 0 Å². The number of carboxylic acids is 1. The van der Waals surface area contributed by atoms with Crippen LogP contribution in [0.4, 0.5) is 10.1 Å². The molecule has 43 heavy (non-hydrogen) atoms. The molecule has 12 nitrogen and oxygen atoms in total. The second kappa shape index (κ2) is 12.2. The second-order valence-corrected chi connectivity index (χ2v) is 11.3. The predicted octanol–water partition coefficient (Wildman–Crippen LogP) is 4.09. The molecule has 1 aromatic heterocycles. The van der Waals surface area contributed by atoms with E-state index in [9.17, 15) is 27.5 Å². The van der Waals surface area contributed by atoms with Gasteiger partial charge in [-0.05, 0) is 55.5 Å². The average molecular weight is 611 g/mol. The van der Waals surface area contributed by atoms with Gasteiger partial charge in [0.05, 0.1) is 31.6 Å². The van der Waals surface area contributed by atoms with Crippen molar-refractivity contribution < 1.29 is 41.7 Å². The first-order valence-corrected chi connectivity index (χ1v) is 14.5. The lowest BCUT2D eigenvalue weighted by atomic mass is 10.2. The van der Waals surface area contributed by atoms with Crippen LogP contribution in [-0.4, -0.2) is 72.9 Å². The largest absolute Gasteiger partial charge is 0.496 e. The lowest BCUT2D eigenvalue weighted by molar-refractivity contribution is 0.0689. The van der Waals surface area contributed by atoms with Crippen molar-refractivity contribution >= 4 is 27.6 Å². The number of aromatic carboxylic acids is 1. The highest BCUT2D eigenvalue weighted by Crippen LogP contribution is 2.37. The van der Waals surface area contributed by atoms with Crippen molar-refractivity contribution in [2.24, 2.45) is 0 Å². The zero-order valence-electron chi connectivity index (χ0n) is 23.1. The van der Waals surface area contributed by atoms with Crippen molar-refractivity contribution in [1.82, 2.24) is 14.1 Å². The lowest BCUT2D eigenvalue weighted by Gasteiger charge is -2.27. The number of nitrogens with zero attached hydrogens (tertiary/aromatic N) is 3. The van der Waals surface area contributed by atoms with E-state index in [2.05, 4.69) is 10.4 Å². The molecule has 3 aromatic carbocycles. The fourth-order valence-corrected chi connectivity index (χ4v) is 6.07. The van der Waals surface area contributed by atoms with Gasteiger partial charge in [-0.3, -0.25) is 4.79 Å². The van der Waals surface area contributed by atoms with E-state index in [1.165, 1.54) is 54.7 Å². The Morgan fingerprint density at radius 2 is 1.77 bits per heavy atom. The van der Waals surface area contributed by atoms with E-state index in [1.807, 2.05) is 0 Å². The number of ether oxygens (including phenoxy) is 3. The van der Waals surface area contributed by atoms with E-state index in [0.29, 0.717) is 5.75 Å². The Hall–Kier alpha value is -4.79. The zero-order valence-corrected chi connectivity index (χ0v) is 23.9. The molecule has 0 saturated carbocycles. The Kier molecular flexibility index (Phi) is 8.43. The quantitative estimate of drug-likeness (QED) is 0.286. The summed E-state index contributed by atoms with van der Waals surface area (Å²) in [6.45, 7) is 1.99. The number of morpholine rings is 1. The Morgan fingerprint density at radius 3 is 2.47 bits per heavy atom. The van der Waals surface area contributed by atoms with E-state index in [1.54, 1.807) is 24.3 Å². The van der Waals surface area contributed by atoms with Crippen molar-refractivity contribution in [1.29, 1.82) is 0 Å². The van der Waals surface area contributed by atoms with E-state index < -0.39 is 27.7 Å². The Bertz CT molecular complexity index is 1800. The molecule has 1 amide bonds. The molecule has 0 spiro atoms. The number of methoxy groups -OCH3 is 1. The number of sulfonamides is 1. The fourth-order valence-electron chi connectivity index (χ4n) is 4.52. The number of carbonyl (C=O) groups is 2. The molecule has 1 saturated heterocycles. The molecular weight excluding hydrogens is 583 g/mol. The van der Waals surface area contributed by atoms with Crippen LogP contribution in [0.25, 0.3) is 5.69 Å². The summed E-state index contributed by atoms with van der Waals surface area (Å²) in [5.74, 6) is -2.46. The average Bonchev–Trinajstić information content (AvgIpc) is 3.34. The normalized spacial score (nSPS) is 13.8. The van der Waals surface area contributed by atoms with Crippen LogP contribution in [0.2, 0.25) is 0 Å². The number of halogens is 1. The number of rotatable bonds is 9. The molecule has 14 heteroatoms. The van der Waals surface area contributed by atoms with Gasteiger partial charge in [0.15, 0.2) is 5.69 Å². The fraction of sp³-hybridized carbons (Fsp3) is 0.207. The number of carboxylic acid groups (broad SMARTS) is 1. The molecule has 5 rings (SSSR count). The Balaban J connectivity index is 1.60. The third-order valence-corrected chi connectivity index (χ3v) is 8.59. The number of hydrogen-bond acceptors (Lipinski definition) is 8. The van der Waals surface area contributed by atoms with Gasteiger partial charge in [-0.2, -0.15) is 14.1 Å². The molecule has 2 heterocycles. The summed E-state index contributed by atoms with van der Waals surface area (Å²) in [6.07, 6.45) is 0. The van der Waals surface area contributed by atoms with Crippen LogP contribution >= 0.6 is 0 Å². The summed E-state index contributed by atoms with van der Waals surface area (Å²) in [4.78, 5) is 24.7. The third kappa shape index (κ3) is 6.07. The topological polar surface area (TPSA) is 149 Å². The third-order valence-electron chi connectivity index (χ3n) is 6.67. The maximum Gasteiger partial charge on any atom is 0.356 e. The summed E-state index contributed by atoms with van der Waals surface area (Å²) in [7, 11) is -2.78. The van der Waals surface area contributed by atoms with E-state index in [0.717, 1.165) is 10.7 Å². The molecule has 1 aliphatic heterocycles. The first-order valence-electron chi connectivity index (χ1n) is 13.0. The lowest BCUT2D eigenvalue weighted by Crippen LogP contribution is -2.40. The summed E-state index contributed by atoms with van der Waals surface area (Å²) >= 11 is 0. The van der Waals surface area contributed by atoms with Crippen LogP contribution in [0.15, 0.2) is 71.6 Å². The van der Waals surface area contributed by atoms with Crippen LogP contribution in [0.5, 0.6) is 17.4 Å². The maximum absolute atomic E-state index is 14.1. The highest BCUT2D eigenvalue weighted by molar-refractivity contribution is 7.89. The SMILES string of the molecule is COc1ccccc1C(=O)Nc1ccc(Oc2c(C)c(C(=O)O)nn2-c2cccc(F)c2)c(S(=O)(=O)N2CCOCC2)c1. The van der Waals surface area contributed by atoms with Crippen LogP contribution < -0.4 is 14.8 Å². The highest BCUT2D eigenvalue weighted by Gasteiger charge is 2.32. The zero-order chi connectivity index (χ0) is 30.7. The number of anilines is 1. The molecule has 0 bridgehead atoms. The second-order valence-electron chi connectivity index (χ2n) is 9.41. The molecule has 224 valence electrons. The summed E-state index contributed by atoms with van der Waals surface area (Å²) in [5, 5.41) is 16.5. The summed E-state index contributed by atoms with van der Waals surface area (Å²) < 4.78 is 60.9. The number of para-hydroxylation sites is 1. The molecule has 4 aromatic rings. The van der Waals surface area contributed by atoms with Gasteiger partial charge in [-0.25, -0.2) is 17.6 Å². The van der Waals surface area contributed by atoms with Crippen molar-refractivity contribution in [2.75, 3.05) is 38.7 Å². The molecule has 0 unspecified atom stereocenters. The van der Waals surface area contributed by atoms with Gasteiger partial charge in [-0.15, -0.1) is 0 Å². The van der Waals surface area contributed by atoms with Gasteiger partial charge in [0.25, 0.3) is 5.91 Å². The van der Waals surface area contributed by atoms with Crippen LogP contribution in [0.1, 0.15) is 26.4 Å². The monoisotopic (exact) mass is 610 g/mol. The molecule has 1 aliphatic rings. The molecule has 0 atom stereocenters. The number of hydrogen-bond donors (Lipinski definition) is 2. The molecule has 1 fully saturated rings. The number of amides is 1. The van der Waals surface area contributed by atoms with Gasteiger partial charge < -0.3 is 24.6 Å². The number of aromatic nitrogens is 2. The van der Waals surface area contributed by atoms with Crippen LogP contribution in [0.3, 0.4) is 0 Å². The minimum atomic E-state index is -4.21. The van der Waals surface area contributed by atoms with E-state index in [-0.39, 0.29) is 71.0 Å². The van der Waals surface area contributed by atoms with Crippen molar-refractivity contribution in [2.45, 2.75) is 11.8 Å². The predicted molar refractivity (Wildman–Crippen MR) is 152 cm³/mol. The van der Waals surface area contributed by atoms with Crippen LogP contribution in [0, 0.1) is 12.7 Å². The molecule has 2 N–H and O–H groups in total. The van der Waals surface area contributed by atoms with E-state index in [4.69, 9.17) is 14.2 Å². The first kappa shape index (κ1) is 29.7. The highest BCUT2D eigenvalue weighted by atomic mass is 32.2. The Morgan fingerprint density at radius 1 is 1.02 bits per heavy atom. The van der Waals surface area contributed by atoms with Gasteiger partial charge in [0.2, 0.25) is 15.9 Å². The van der Waals surface area contributed by atoms with Crippen LogP contribution in [-0.2, 0) is 14.8 Å². The van der Waals surface area contributed by atoms with E-state index >= 15 is 0 Å². The number of nitrogens with one attached hydrogen (secondary N) is 1. The van der Waals surface area contributed by atoms with Gasteiger partial charge >= 0.3 is 5.97 Å². The summed E-state index contributed by atoms with van der Waals surface area (Å²) in [6, 6.07) is 15.9. The smallest absolute Gasteiger partial charge is 0.356 e. The molecule has 0 aliphatic carbocycles. The standard InChI is InChI=1S/C29H27FN4O8S/c1-18-26(29(36)37)32-34(21-7-5-6-19(30)16-21)28(18)42-24-11-10-20(31-27(35)22-8-3-4-9-23(22)40-2)17-25(24)43(38,39)33-12-14-41-15-13-33/h3-11,16-17H,12-15H2,1-2H3,(H,31,35)(H,36,37). The van der Waals surface area contributed by atoms with Crippen molar-refractivity contribution in [3.05, 3.63) is 89.4 Å². The molecule has 0 radical (unpaired) electrons. The number of benzene rings is 3. The molecular formula is C29H27FN4O8S. The van der Waals surface area contributed by atoms with Gasteiger partial charge in [0, 0.05) is 24.3 Å². The van der Waals surface area contributed by atoms with Crippen molar-refractivity contribution in [3.8, 4) is 23.1 Å². The minimum Gasteiger partial charge on any atom is -0.496 e. The maximum atomic E-state index is 14.1. The minimum absolute atomic E-state index is 0.0834.